The fourth-order valence-corrected chi connectivity index (χ4v) is 5.12. The summed E-state index contributed by atoms with van der Waals surface area (Å²) in [7, 11) is 0. The molecule has 3 heterocycles. The van der Waals surface area contributed by atoms with E-state index in [0.717, 1.165) is 41.1 Å². The van der Waals surface area contributed by atoms with Crippen LogP contribution in [0.5, 0.6) is 0 Å². The van der Waals surface area contributed by atoms with E-state index in [9.17, 15) is 14.4 Å². The number of benzene rings is 2. The van der Waals surface area contributed by atoms with Gasteiger partial charge in [0.25, 0.3) is 11.5 Å². The van der Waals surface area contributed by atoms with Crippen LogP contribution in [-0.4, -0.2) is 26.1 Å². The number of rotatable bonds is 4. The zero-order valence-corrected chi connectivity index (χ0v) is 20.5. The summed E-state index contributed by atoms with van der Waals surface area (Å²) in [5.41, 5.74) is 5.12. The average Bonchev–Trinajstić information content (AvgIpc) is 3.17. The van der Waals surface area contributed by atoms with Crippen LogP contribution in [0.25, 0.3) is 22.2 Å². The van der Waals surface area contributed by atoms with Crippen molar-refractivity contribution < 1.29 is 14.3 Å². The Labute approximate surface area is 212 Å². The van der Waals surface area contributed by atoms with Gasteiger partial charge in [0.15, 0.2) is 12.4 Å². The SMILES string of the molecule is CC(=O)OCc1nc2ccccc2c(=O)n1N1C=C(c2ccccc2)n2c(C)cc3c2C(=CCC3)C1=O. The van der Waals surface area contributed by atoms with Gasteiger partial charge in [0.05, 0.1) is 34.1 Å². The second kappa shape index (κ2) is 8.74. The molecule has 0 N–H and O–H groups in total. The maximum atomic E-state index is 14.2. The minimum absolute atomic E-state index is 0.149. The molecule has 8 nitrogen and oxygen atoms in total. The smallest absolute Gasteiger partial charge is 0.303 e. The lowest BCUT2D eigenvalue weighted by Crippen LogP contribution is -2.45. The lowest BCUT2D eigenvalue weighted by Gasteiger charge is -2.24. The number of ether oxygens (including phenoxy) is 1. The predicted octanol–water partition coefficient (Wildman–Crippen LogP) is 3.92. The van der Waals surface area contributed by atoms with Crippen molar-refractivity contribution in [2.24, 2.45) is 0 Å². The molecule has 2 aliphatic rings. The van der Waals surface area contributed by atoms with Crippen molar-refractivity contribution in [2.45, 2.75) is 33.3 Å². The molecular formula is C29H24N4O4. The van der Waals surface area contributed by atoms with Gasteiger partial charge in [0.2, 0.25) is 0 Å². The minimum Gasteiger partial charge on any atom is -0.458 e. The number of aromatic nitrogens is 3. The molecule has 0 unspecified atom stereocenters. The zero-order chi connectivity index (χ0) is 25.7. The summed E-state index contributed by atoms with van der Waals surface area (Å²) in [5.74, 6) is -0.715. The standard InChI is InChI=1S/C29H24N4O4/c1-18-15-21-11-8-13-23-27(21)32(18)25(20-9-4-3-5-10-20)16-31(28(23)35)33-26(17-37-19(2)34)30-24-14-7-6-12-22(24)29(33)36/h3-7,9-10,12-16H,8,11,17H2,1-2H3. The number of hydrogen-bond acceptors (Lipinski definition) is 5. The van der Waals surface area contributed by atoms with Gasteiger partial charge in [-0.15, -0.1) is 0 Å². The third-order valence-electron chi connectivity index (χ3n) is 6.72. The fourth-order valence-electron chi connectivity index (χ4n) is 5.12. The summed E-state index contributed by atoms with van der Waals surface area (Å²) in [6, 6.07) is 18.8. The molecule has 2 aromatic carbocycles. The van der Waals surface area contributed by atoms with Gasteiger partial charge < -0.3 is 9.30 Å². The molecule has 0 radical (unpaired) electrons. The summed E-state index contributed by atoms with van der Waals surface area (Å²) in [5, 5.41) is 1.67. The molecule has 1 aliphatic heterocycles. The summed E-state index contributed by atoms with van der Waals surface area (Å²) in [6.45, 7) is 3.05. The highest BCUT2D eigenvalue weighted by molar-refractivity contribution is 6.26. The number of allylic oxidation sites excluding steroid dienone is 1. The Morgan fingerprint density at radius 1 is 1.05 bits per heavy atom. The van der Waals surface area contributed by atoms with Crippen molar-refractivity contribution in [3.8, 4) is 0 Å². The molecule has 0 spiro atoms. The Bertz CT molecular complexity index is 1710. The third kappa shape index (κ3) is 3.69. The molecule has 2 aromatic heterocycles. The van der Waals surface area contributed by atoms with Gasteiger partial charge in [-0.1, -0.05) is 48.5 Å². The van der Waals surface area contributed by atoms with Crippen LogP contribution in [-0.2, 0) is 27.4 Å². The number of carbonyl (C=O) groups is 2. The van der Waals surface area contributed by atoms with Crippen molar-refractivity contribution in [1.82, 2.24) is 14.2 Å². The quantitative estimate of drug-likeness (QED) is 0.403. The lowest BCUT2D eigenvalue weighted by atomic mass is 9.96. The van der Waals surface area contributed by atoms with E-state index in [4.69, 9.17) is 4.74 Å². The Morgan fingerprint density at radius 2 is 1.81 bits per heavy atom. The zero-order valence-electron chi connectivity index (χ0n) is 20.5. The molecule has 1 aliphatic carbocycles. The summed E-state index contributed by atoms with van der Waals surface area (Å²) in [6.07, 6.45) is 5.16. The van der Waals surface area contributed by atoms with Crippen LogP contribution in [0.1, 0.15) is 41.7 Å². The molecule has 1 amide bonds. The van der Waals surface area contributed by atoms with E-state index in [0.29, 0.717) is 16.5 Å². The first kappa shape index (κ1) is 22.7. The van der Waals surface area contributed by atoms with Crippen LogP contribution in [0.2, 0.25) is 0 Å². The minimum atomic E-state index is -0.511. The molecule has 37 heavy (non-hydrogen) atoms. The lowest BCUT2D eigenvalue weighted by molar-refractivity contribution is -0.142. The first-order chi connectivity index (χ1) is 17.9. The number of hydrogen-bond donors (Lipinski definition) is 0. The van der Waals surface area contributed by atoms with Crippen LogP contribution in [0.15, 0.2) is 77.7 Å². The first-order valence-corrected chi connectivity index (χ1v) is 12.1. The van der Waals surface area contributed by atoms with Crippen LogP contribution in [0.4, 0.5) is 0 Å². The van der Waals surface area contributed by atoms with Crippen molar-refractivity contribution in [2.75, 3.05) is 5.01 Å². The van der Waals surface area contributed by atoms with Gasteiger partial charge in [-0.3, -0.25) is 14.4 Å². The van der Waals surface area contributed by atoms with Crippen LogP contribution in [0.3, 0.4) is 0 Å². The van der Waals surface area contributed by atoms with Gasteiger partial charge in [-0.05, 0) is 43.5 Å². The molecule has 0 bridgehead atoms. The highest BCUT2D eigenvalue weighted by Gasteiger charge is 2.34. The predicted molar refractivity (Wildman–Crippen MR) is 140 cm³/mol. The molecule has 0 saturated carbocycles. The molecular weight excluding hydrogens is 468 g/mol. The number of fused-ring (bicyclic) bond motifs is 1. The van der Waals surface area contributed by atoms with Crippen LogP contribution >= 0.6 is 0 Å². The van der Waals surface area contributed by atoms with E-state index in [-0.39, 0.29) is 18.3 Å². The van der Waals surface area contributed by atoms with Crippen molar-refractivity contribution in [3.05, 3.63) is 112 Å². The Morgan fingerprint density at radius 3 is 2.59 bits per heavy atom. The van der Waals surface area contributed by atoms with Crippen molar-refractivity contribution >= 4 is 34.0 Å². The van der Waals surface area contributed by atoms with Gasteiger partial charge in [-0.2, -0.15) is 4.68 Å². The Kier molecular flexibility index (Phi) is 5.37. The number of amides is 1. The Hall–Kier alpha value is -4.72. The second-order valence-electron chi connectivity index (χ2n) is 9.12. The average molecular weight is 493 g/mol. The molecule has 4 aromatic rings. The van der Waals surface area contributed by atoms with E-state index in [1.54, 1.807) is 30.5 Å². The van der Waals surface area contributed by atoms with Crippen molar-refractivity contribution in [1.29, 1.82) is 0 Å². The largest absolute Gasteiger partial charge is 0.458 e. The number of para-hydroxylation sites is 1. The summed E-state index contributed by atoms with van der Waals surface area (Å²) in [4.78, 5) is 44.4. The van der Waals surface area contributed by atoms with E-state index < -0.39 is 11.5 Å². The van der Waals surface area contributed by atoms with Gasteiger partial charge in [0.1, 0.15) is 0 Å². The molecule has 0 atom stereocenters. The van der Waals surface area contributed by atoms with Gasteiger partial charge in [0, 0.05) is 18.2 Å². The monoisotopic (exact) mass is 492 g/mol. The first-order valence-electron chi connectivity index (χ1n) is 12.1. The molecule has 184 valence electrons. The molecule has 0 fully saturated rings. The van der Waals surface area contributed by atoms with Crippen LogP contribution in [0, 0.1) is 6.92 Å². The second-order valence-corrected chi connectivity index (χ2v) is 9.12. The number of nitrogens with zero attached hydrogens (tertiary/aromatic N) is 4. The third-order valence-corrected chi connectivity index (χ3v) is 6.72. The number of carbonyl (C=O) groups excluding carboxylic acids is 2. The molecule has 6 rings (SSSR count). The molecule has 8 heteroatoms. The van der Waals surface area contributed by atoms with Gasteiger partial charge in [-0.25, -0.2) is 9.99 Å². The summed E-state index contributed by atoms with van der Waals surface area (Å²) < 4.78 is 8.56. The van der Waals surface area contributed by atoms with Gasteiger partial charge >= 0.3 is 5.97 Å². The van der Waals surface area contributed by atoms with E-state index in [1.165, 1.54) is 16.6 Å². The van der Waals surface area contributed by atoms with Crippen molar-refractivity contribution in [3.63, 3.8) is 0 Å². The van der Waals surface area contributed by atoms with E-state index >= 15 is 0 Å². The maximum Gasteiger partial charge on any atom is 0.303 e. The Balaban J connectivity index is 1.67. The number of aryl methyl sites for hydroxylation is 2. The normalized spacial score (nSPS) is 14.6. The highest BCUT2D eigenvalue weighted by Crippen LogP contribution is 2.37. The van der Waals surface area contributed by atoms with E-state index in [1.807, 2.05) is 43.3 Å². The maximum absolute atomic E-state index is 14.2. The van der Waals surface area contributed by atoms with E-state index in [2.05, 4.69) is 15.6 Å². The fraction of sp³-hybridized carbons (Fsp3) is 0.172. The van der Waals surface area contributed by atoms with Crippen LogP contribution < -0.4 is 10.6 Å². The molecule has 0 saturated heterocycles. The highest BCUT2D eigenvalue weighted by atomic mass is 16.5. The summed E-state index contributed by atoms with van der Waals surface area (Å²) >= 11 is 0. The topological polar surface area (TPSA) is 86.4 Å². The number of esters is 1.